The molecule has 1 N–H and O–H groups in total. The molecule has 182 valence electrons. The molecule has 1 fully saturated rings. The van der Waals surface area contributed by atoms with Crippen LogP contribution in [0.1, 0.15) is 42.0 Å². The number of benzene rings is 1. The Morgan fingerprint density at radius 2 is 1.71 bits per heavy atom. The zero-order valence-corrected chi connectivity index (χ0v) is 23.7. The van der Waals surface area contributed by atoms with Gasteiger partial charge in [-0.2, -0.15) is 16.7 Å². The molecule has 0 spiro atoms. The van der Waals surface area contributed by atoms with Crippen LogP contribution in [0.4, 0.5) is 11.6 Å². The number of aromatic nitrogens is 4. The Balaban J connectivity index is 1.58. The lowest BCUT2D eigenvalue weighted by Crippen LogP contribution is -2.34. The van der Waals surface area contributed by atoms with E-state index in [2.05, 4.69) is 108 Å². The number of nitrogens with one attached hydrogen (secondary N) is 1. The van der Waals surface area contributed by atoms with Gasteiger partial charge in [0, 0.05) is 46.9 Å². The fourth-order valence-corrected chi connectivity index (χ4v) is 6.00. The molecule has 3 aromatic heterocycles. The van der Waals surface area contributed by atoms with Crippen LogP contribution >= 0.6 is 34.4 Å². The van der Waals surface area contributed by atoms with E-state index in [1.807, 2.05) is 11.8 Å². The topological polar surface area (TPSA) is 58.9 Å². The number of para-hydroxylation sites is 1. The second-order valence-corrected chi connectivity index (χ2v) is 11.3. The molecular weight excluding hydrogens is 567 g/mol. The summed E-state index contributed by atoms with van der Waals surface area (Å²) in [6.45, 7) is 10.5. The standard InChI is InChI=1S/C27H31IN6S/c1-5-22(30-25-24(28)19(4)29-27(32-25)34-17(2)10-11-18(34)3)21-16-20-8-6-7-9-23(20)31-26(21)33-12-14-35-15-13-33/h6-11,16,22H,5,12-15H2,1-4H3,(H,29,30,32). The van der Waals surface area contributed by atoms with E-state index in [0.717, 1.165) is 68.8 Å². The molecule has 0 bridgehead atoms. The lowest BCUT2D eigenvalue weighted by atomic mass is 10.0. The van der Waals surface area contributed by atoms with Crippen LogP contribution in [0.2, 0.25) is 0 Å². The van der Waals surface area contributed by atoms with Crippen molar-refractivity contribution in [1.82, 2.24) is 19.5 Å². The van der Waals surface area contributed by atoms with Crippen LogP contribution in [-0.4, -0.2) is 44.1 Å². The van der Waals surface area contributed by atoms with Crippen molar-refractivity contribution in [3.8, 4) is 5.95 Å². The highest BCUT2D eigenvalue weighted by atomic mass is 127. The van der Waals surface area contributed by atoms with Crippen LogP contribution in [0.5, 0.6) is 0 Å². The number of hydrogen-bond donors (Lipinski definition) is 1. The Hall–Kier alpha value is -2.33. The van der Waals surface area contributed by atoms with Gasteiger partial charge in [-0.25, -0.2) is 9.97 Å². The zero-order chi connectivity index (χ0) is 24.5. The fraction of sp³-hybridized carbons (Fsp3) is 0.370. The molecule has 0 aliphatic carbocycles. The van der Waals surface area contributed by atoms with Crippen LogP contribution in [0.15, 0.2) is 42.5 Å². The molecule has 1 aliphatic heterocycles. The van der Waals surface area contributed by atoms with Crippen LogP contribution in [0.25, 0.3) is 16.9 Å². The second-order valence-electron chi connectivity index (χ2n) is 9.02. The molecule has 1 unspecified atom stereocenters. The maximum atomic E-state index is 5.17. The molecule has 0 radical (unpaired) electrons. The average molecular weight is 599 g/mol. The lowest BCUT2D eigenvalue weighted by Gasteiger charge is -2.32. The van der Waals surface area contributed by atoms with Crippen LogP contribution < -0.4 is 10.2 Å². The summed E-state index contributed by atoms with van der Waals surface area (Å²) in [5, 5.41) is 4.97. The molecule has 1 aliphatic rings. The highest BCUT2D eigenvalue weighted by Crippen LogP contribution is 2.34. The van der Waals surface area contributed by atoms with Gasteiger partial charge in [-0.05, 0) is 74.0 Å². The van der Waals surface area contributed by atoms with Gasteiger partial charge in [0.1, 0.15) is 11.6 Å². The normalized spacial score (nSPS) is 14.9. The van der Waals surface area contributed by atoms with E-state index < -0.39 is 0 Å². The van der Waals surface area contributed by atoms with Gasteiger partial charge in [0.05, 0.1) is 20.8 Å². The van der Waals surface area contributed by atoms with Crippen molar-refractivity contribution in [1.29, 1.82) is 0 Å². The number of rotatable bonds is 6. The zero-order valence-electron chi connectivity index (χ0n) is 20.7. The maximum absolute atomic E-state index is 5.17. The summed E-state index contributed by atoms with van der Waals surface area (Å²) in [5.41, 5.74) is 5.52. The quantitative estimate of drug-likeness (QED) is 0.257. The Morgan fingerprint density at radius 3 is 2.43 bits per heavy atom. The van der Waals surface area contributed by atoms with Gasteiger partial charge in [0.2, 0.25) is 5.95 Å². The van der Waals surface area contributed by atoms with Gasteiger partial charge in [0.15, 0.2) is 0 Å². The highest BCUT2D eigenvalue weighted by molar-refractivity contribution is 14.1. The minimum Gasteiger partial charge on any atom is -0.362 e. The van der Waals surface area contributed by atoms with Gasteiger partial charge in [-0.15, -0.1) is 0 Å². The highest BCUT2D eigenvalue weighted by Gasteiger charge is 2.24. The lowest BCUT2D eigenvalue weighted by molar-refractivity contribution is 0.724. The molecule has 1 atom stereocenters. The van der Waals surface area contributed by atoms with Crippen molar-refractivity contribution in [2.24, 2.45) is 0 Å². The van der Waals surface area contributed by atoms with Crippen molar-refractivity contribution in [2.75, 3.05) is 34.8 Å². The van der Waals surface area contributed by atoms with Crippen LogP contribution in [-0.2, 0) is 0 Å². The SMILES string of the molecule is CCC(Nc1nc(-n2c(C)ccc2C)nc(C)c1I)c1cc2ccccc2nc1N1CCSCC1. The molecule has 1 saturated heterocycles. The first-order valence-corrected chi connectivity index (χ1v) is 14.4. The van der Waals surface area contributed by atoms with E-state index in [9.17, 15) is 0 Å². The first kappa shape index (κ1) is 24.4. The smallest absolute Gasteiger partial charge is 0.236 e. The third-order valence-electron chi connectivity index (χ3n) is 6.61. The Kier molecular flexibility index (Phi) is 7.20. The van der Waals surface area contributed by atoms with Crippen molar-refractivity contribution in [3.63, 3.8) is 0 Å². The number of aryl methyl sites for hydroxylation is 3. The van der Waals surface area contributed by atoms with Crippen LogP contribution in [0.3, 0.4) is 0 Å². The monoisotopic (exact) mass is 598 g/mol. The molecule has 8 heteroatoms. The number of nitrogens with zero attached hydrogens (tertiary/aromatic N) is 5. The van der Waals surface area contributed by atoms with E-state index in [0.29, 0.717) is 5.95 Å². The maximum Gasteiger partial charge on any atom is 0.236 e. The van der Waals surface area contributed by atoms with Gasteiger partial charge >= 0.3 is 0 Å². The minimum atomic E-state index is 0.0826. The first-order chi connectivity index (χ1) is 17.0. The molecule has 1 aromatic carbocycles. The molecule has 6 nitrogen and oxygen atoms in total. The van der Waals surface area contributed by atoms with E-state index >= 15 is 0 Å². The number of pyridine rings is 1. The summed E-state index contributed by atoms with van der Waals surface area (Å²) < 4.78 is 3.17. The number of thioether (sulfide) groups is 1. The summed E-state index contributed by atoms with van der Waals surface area (Å²) in [5.74, 6) is 4.97. The van der Waals surface area contributed by atoms with Crippen molar-refractivity contribution in [3.05, 3.63) is 68.7 Å². The number of hydrogen-bond acceptors (Lipinski definition) is 6. The molecule has 0 amide bonds. The van der Waals surface area contributed by atoms with E-state index in [4.69, 9.17) is 15.0 Å². The summed E-state index contributed by atoms with van der Waals surface area (Å²) in [4.78, 5) is 17.5. The van der Waals surface area contributed by atoms with Gasteiger partial charge < -0.3 is 10.2 Å². The minimum absolute atomic E-state index is 0.0826. The third-order valence-corrected chi connectivity index (χ3v) is 8.85. The predicted molar refractivity (Wildman–Crippen MR) is 156 cm³/mol. The summed E-state index contributed by atoms with van der Waals surface area (Å²) in [6, 6.07) is 15.0. The van der Waals surface area contributed by atoms with Gasteiger partial charge in [0.25, 0.3) is 0 Å². The molecule has 35 heavy (non-hydrogen) atoms. The molecule has 5 rings (SSSR count). The van der Waals surface area contributed by atoms with Gasteiger partial charge in [-0.1, -0.05) is 25.1 Å². The Bertz CT molecular complexity index is 1340. The summed E-state index contributed by atoms with van der Waals surface area (Å²) >= 11 is 4.39. The molecule has 4 aromatic rings. The van der Waals surface area contributed by atoms with Crippen molar-refractivity contribution < 1.29 is 0 Å². The fourth-order valence-electron chi connectivity index (χ4n) is 4.70. The average Bonchev–Trinajstić information content (AvgIpc) is 3.22. The first-order valence-electron chi connectivity index (χ1n) is 12.1. The largest absolute Gasteiger partial charge is 0.362 e. The molecule has 0 saturated carbocycles. The van der Waals surface area contributed by atoms with E-state index in [1.54, 1.807) is 0 Å². The molecular formula is C27H31IN6S. The van der Waals surface area contributed by atoms with Crippen molar-refractivity contribution in [2.45, 2.75) is 40.2 Å². The number of halogens is 1. The Labute approximate surface area is 225 Å². The van der Waals surface area contributed by atoms with E-state index in [1.165, 1.54) is 10.9 Å². The van der Waals surface area contributed by atoms with Gasteiger partial charge in [-0.3, -0.25) is 4.57 Å². The predicted octanol–water partition coefficient (Wildman–Crippen LogP) is 6.46. The van der Waals surface area contributed by atoms with Crippen LogP contribution in [0, 0.1) is 24.3 Å². The van der Waals surface area contributed by atoms with E-state index in [-0.39, 0.29) is 6.04 Å². The summed E-state index contributed by atoms with van der Waals surface area (Å²) in [6.07, 6.45) is 0.922. The third kappa shape index (κ3) is 4.87. The Morgan fingerprint density at radius 1 is 1.00 bits per heavy atom. The van der Waals surface area contributed by atoms with Crippen molar-refractivity contribution >= 4 is 56.9 Å². The second kappa shape index (κ2) is 10.3. The molecule has 4 heterocycles. The summed E-state index contributed by atoms with van der Waals surface area (Å²) in [7, 11) is 0. The number of fused-ring (bicyclic) bond motifs is 1. The number of anilines is 2.